The van der Waals surface area contributed by atoms with Crippen molar-refractivity contribution >= 4 is 28.4 Å². The van der Waals surface area contributed by atoms with Crippen LogP contribution in [0.3, 0.4) is 0 Å². The van der Waals surface area contributed by atoms with Gasteiger partial charge in [-0.3, -0.25) is 4.79 Å². The molecule has 3 aromatic rings. The van der Waals surface area contributed by atoms with Crippen LogP contribution in [0, 0.1) is 5.92 Å². The summed E-state index contributed by atoms with van der Waals surface area (Å²) in [7, 11) is 0. The number of aromatic nitrogens is 3. The molecule has 2 fully saturated rings. The number of fused-ring (bicyclic) bond motifs is 1. The van der Waals surface area contributed by atoms with E-state index < -0.39 is 17.7 Å². The molecular formula is C23H24F3N5O2. The number of nitrogens with zero attached hydrogens (tertiary/aromatic N) is 3. The van der Waals surface area contributed by atoms with E-state index in [2.05, 4.69) is 20.3 Å². The molecule has 0 saturated carbocycles. The number of nitrogens with one attached hydrogen (secondary N) is 2. The van der Waals surface area contributed by atoms with Gasteiger partial charge >= 0.3 is 6.18 Å². The van der Waals surface area contributed by atoms with Gasteiger partial charge in [0.05, 0.1) is 22.5 Å². The van der Waals surface area contributed by atoms with E-state index in [4.69, 9.17) is 4.74 Å². The fourth-order valence-corrected chi connectivity index (χ4v) is 4.55. The Morgan fingerprint density at radius 3 is 2.88 bits per heavy atom. The van der Waals surface area contributed by atoms with Crippen LogP contribution in [0.2, 0.25) is 0 Å². The summed E-state index contributed by atoms with van der Waals surface area (Å²) in [6.07, 6.45) is -0.0446. The van der Waals surface area contributed by atoms with Crippen molar-refractivity contribution in [3.8, 4) is 0 Å². The summed E-state index contributed by atoms with van der Waals surface area (Å²) in [5.74, 6) is -0.00284. The third-order valence-corrected chi connectivity index (χ3v) is 6.19. The maximum Gasteiger partial charge on any atom is 0.419 e. The summed E-state index contributed by atoms with van der Waals surface area (Å²) in [5.41, 5.74) is 1.42. The average Bonchev–Trinajstić information content (AvgIpc) is 3.48. The molecule has 0 bridgehead atoms. The molecule has 2 N–H and O–H groups in total. The Morgan fingerprint density at radius 2 is 2.09 bits per heavy atom. The fourth-order valence-electron chi connectivity index (χ4n) is 4.55. The minimum atomic E-state index is -4.50. The number of aromatic amines is 1. The zero-order valence-corrected chi connectivity index (χ0v) is 17.9. The van der Waals surface area contributed by atoms with E-state index in [0.29, 0.717) is 25.1 Å². The Balaban J connectivity index is 1.29. The molecule has 0 aliphatic carbocycles. The Labute approximate surface area is 188 Å². The number of hydrogen-bond acceptors (Lipinski definition) is 5. The second-order valence-corrected chi connectivity index (χ2v) is 8.50. The van der Waals surface area contributed by atoms with Crippen LogP contribution in [-0.2, 0) is 15.7 Å². The van der Waals surface area contributed by atoms with Crippen LogP contribution < -0.4 is 10.2 Å². The zero-order valence-electron chi connectivity index (χ0n) is 17.9. The third kappa shape index (κ3) is 4.52. The van der Waals surface area contributed by atoms with Crippen molar-refractivity contribution in [1.29, 1.82) is 0 Å². The Morgan fingerprint density at radius 1 is 1.21 bits per heavy atom. The molecule has 1 amide bonds. The predicted octanol–water partition coefficient (Wildman–Crippen LogP) is 4.68. The van der Waals surface area contributed by atoms with Crippen molar-refractivity contribution in [3.63, 3.8) is 0 Å². The number of carbonyl (C=O) groups is 1. The van der Waals surface area contributed by atoms with Gasteiger partial charge in [-0.2, -0.15) is 13.2 Å². The van der Waals surface area contributed by atoms with Crippen LogP contribution in [0.1, 0.15) is 43.2 Å². The maximum absolute atomic E-state index is 13.4. The van der Waals surface area contributed by atoms with Crippen LogP contribution in [0.25, 0.3) is 11.0 Å². The van der Waals surface area contributed by atoms with Gasteiger partial charge in [-0.15, -0.1) is 0 Å². The first-order valence-corrected chi connectivity index (χ1v) is 11.1. The van der Waals surface area contributed by atoms with Crippen molar-refractivity contribution in [2.24, 2.45) is 5.92 Å². The number of carbonyl (C=O) groups excluding carboxylic acids is 1. The summed E-state index contributed by atoms with van der Waals surface area (Å²) in [4.78, 5) is 26.3. The van der Waals surface area contributed by atoms with E-state index >= 15 is 0 Å². The van der Waals surface area contributed by atoms with E-state index in [1.165, 1.54) is 12.3 Å². The van der Waals surface area contributed by atoms with Gasteiger partial charge in [-0.25, -0.2) is 9.97 Å². The number of imidazole rings is 1. The first-order chi connectivity index (χ1) is 15.9. The minimum Gasteiger partial charge on any atom is -0.370 e. The van der Waals surface area contributed by atoms with E-state index in [-0.39, 0.29) is 24.4 Å². The summed E-state index contributed by atoms with van der Waals surface area (Å²) >= 11 is 0. The number of hydrogen-bond donors (Lipinski definition) is 2. The highest BCUT2D eigenvalue weighted by molar-refractivity contribution is 5.95. The quantitative estimate of drug-likeness (QED) is 0.592. The molecule has 2 atom stereocenters. The van der Waals surface area contributed by atoms with Gasteiger partial charge in [0, 0.05) is 31.6 Å². The largest absolute Gasteiger partial charge is 0.419 e. The number of rotatable bonds is 4. The number of ether oxygens (including phenoxy) is 1. The number of alkyl halides is 3. The zero-order chi connectivity index (χ0) is 23.0. The Hall–Kier alpha value is -3.14. The van der Waals surface area contributed by atoms with Crippen LogP contribution in [0.4, 0.5) is 24.7 Å². The molecule has 33 heavy (non-hydrogen) atoms. The van der Waals surface area contributed by atoms with Crippen LogP contribution in [0.5, 0.6) is 0 Å². The van der Waals surface area contributed by atoms with Crippen LogP contribution in [-0.4, -0.2) is 40.6 Å². The van der Waals surface area contributed by atoms with E-state index in [1.54, 1.807) is 11.0 Å². The Kier molecular flexibility index (Phi) is 5.69. The van der Waals surface area contributed by atoms with Crippen molar-refractivity contribution in [1.82, 2.24) is 15.0 Å². The monoisotopic (exact) mass is 459 g/mol. The number of anilines is 2. The van der Waals surface area contributed by atoms with E-state index in [9.17, 15) is 18.0 Å². The lowest BCUT2D eigenvalue weighted by Gasteiger charge is -2.34. The van der Waals surface area contributed by atoms with E-state index in [1.807, 2.05) is 12.1 Å². The predicted molar refractivity (Wildman–Crippen MR) is 117 cm³/mol. The summed E-state index contributed by atoms with van der Waals surface area (Å²) < 4.78 is 45.9. The minimum absolute atomic E-state index is 0.0307. The second kappa shape index (κ2) is 8.66. The number of H-pyrrole nitrogens is 1. The number of benzene rings is 1. The molecule has 2 unspecified atom stereocenters. The van der Waals surface area contributed by atoms with Crippen LogP contribution >= 0.6 is 0 Å². The lowest BCUT2D eigenvalue weighted by atomic mass is 9.96. The lowest BCUT2D eigenvalue weighted by molar-refractivity contribution is -0.137. The van der Waals surface area contributed by atoms with Crippen LogP contribution in [0.15, 0.2) is 36.5 Å². The van der Waals surface area contributed by atoms with Crippen molar-refractivity contribution in [2.45, 2.75) is 38.0 Å². The lowest BCUT2D eigenvalue weighted by Crippen LogP contribution is -2.42. The molecule has 0 spiro atoms. The molecule has 4 heterocycles. The highest BCUT2D eigenvalue weighted by Crippen LogP contribution is 2.36. The van der Waals surface area contributed by atoms with Gasteiger partial charge in [0.1, 0.15) is 17.7 Å². The van der Waals surface area contributed by atoms with Crippen molar-refractivity contribution in [2.75, 3.05) is 29.9 Å². The van der Waals surface area contributed by atoms with Crippen molar-refractivity contribution in [3.05, 3.63) is 47.9 Å². The molecular weight excluding hydrogens is 435 g/mol. The molecule has 2 saturated heterocycles. The van der Waals surface area contributed by atoms with Gasteiger partial charge in [-0.05, 0) is 56.0 Å². The van der Waals surface area contributed by atoms with Gasteiger partial charge in [0.25, 0.3) is 0 Å². The molecule has 5 rings (SSSR count). The smallest absolute Gasteiger partial charge is 0.370 e. The van der Waals surface area contributed by atoms with Gasteiger partial charge in [-0.1, -0.05) is 0 Å². The highest BCUT2D eigenvalue weighted by Gasteiger charge is 2.37. The molecule has 2 aliphatic heterocycles. The number of halogens is 3. The first kappa shape index (κ1) is 21.7. The average molecular weight is 459 g/mol. The molecule has 10 heteroatoms. The summed E-state index contributed by atoms with van der Waals surface area (Å²) in [6.45, 7) is 1.34. The maximum atomic E-state index is 13.4. The normalized spacial score (nSPS) is 21.5. The topological polar surface area (TPSA) is 83.1 Å². The first-order valence-electron chi connectivity index (χ1n) is 11.1. The summed E-state index contributed by atoms with van der Waals surface area (Å²) in [5, 5.41) is 2.91. The number of amides is 1. The number of pyridine rings is 1. The molecule has 174 valence electrons. The molecule has 1 aromatic carbocycles. The Bertz CT molecular complexity index is 1160. The molecule has 7 nitrogen and oxygen atoms in total. The van der Waals surface area contributed by atoms with Crippen molar-refractivity contribution < 1.29 is 22.7 Å². The van der Waals surface area contributed by atoms with E-state index in [0.717, 1.165) is 42.4 Å². The fraction of sp³-hybridized carbons (Fsp3) is 0.435. The SMILES string of the molecule is O=C(Nc1ccc2nc(C3CCCO3)[nH]c2c1)C1CCCN(c2ncccc2C(F)(F)F)C1. The standard InChI is InChI=1S/C23H24F3N5O2/c24-23(25,26)16-5-1-9-27-21(16)31-10-2-4-14(13-31)22(32)28-15-7-8-17-18(12-15)30-20(29-17)19-6-3-11-33-19/h1,5,7-9,12,14,19H,2-4,6,10-11,13H2,(H,28,32)(H,29,30). The van der Waals surface area contributed by atoms with Gasteiger partial charge < -0.3 is 19.9 Å². The summed E-state index contributed by atoms with van der Waals surface area (Å²) in [6, 6.07) is 7.73. The van der Waals surface area contributed by atoms with Gasteiger partial charge in [0.15, 0.2) is 0 Å². The molecule has 2 aromatic heterocycles. The molecule has 0 radical (unpaired) electrons. The third-order valence-electron chi connectivity index (χ3n) is 6.19. The number of piperidine rings is 1. The van der Waals surface area contributed by atoms with Gasteiger partial charge in [0.2, 0.25) is 5.91 Å². The second-order valence-electron chi connectivity index (χ2n) is 8.50. The highest BCUT2D eigenvalue weighted by atomic mass is 19.4. The molecule has 2 aliphatic rings.